The molecule has 1 aromatic carbocycles. The lowest BCUT2D eigenvalue weighted by Gasteiger charge is -2.04. The summed E-state index contributed by atoms with van der Waals surface area (Å²) in [7, 11) is 0. The van der Waals surface area contributed by atoms with Crippen LogP contribution in [0.1, 0.15) is 30.2 Å². The Morgan fingerprint density at radius 3 is 2.69 bits per heavy atom. The fraction of sp³-hybridized carbons (Fsp3) is 0.333. The smallest absolute Gasteiger partial charge is 0.00928 e. The van der Waals surface area contributed by atoms with Crippen LogP contribution >= 0.6 is 11.3 Å². The van der Waals surface area contributed by atoms with Crippen molar-refractivity contribution >= 4 is 22.1 Å². The second-order valence-electron chi connectivity index (χ2n) is 3.79. The number of thiophene rings is 1. The first-order valence-electron chi connectivity index (χ1n) is 4.66. The third-order valence-corrected chi connectivity index (χ3v) is 3.43. The summed E-state index contributed by atoms with van der Waals surface area (Å²) in [5.41, 5.74) is 1.44. The van der Waals surface area contributed by atoms with Crippen LogP contribution in [0.3, 0.4) is 0 Å². The van der Waals surface area contributed by atoms with Gasteiger partial charge in [0, 0.05) is 4.88 Å². The van der Waals surface area contributed by atoms with Crippen LogP contribution < -0.4 is 0 Å². The van der Waals surface area contributed by atoms with Gasteiger partial charge in [-0.3, -0.25) is 0 Å². The summed E-state index contributed by atoms with van der Waals surface area (Å²) in [4.78, 5) is 1.43. The zero-order chi connectivity index (χ0) is 9.42. The predicted octanol–water partition coefficient (Wildman–Crippen LogP) is 4.33. The molecule has 0 aliphatic heterocycles. The number of hydrogen-bond acceptors (Lipinski definition) is 1. The fourth-order valence-electron chi connectivity index (χ4n) is 1.56. The molecule has 1 aromatic heterocycles. The molecular weight excluding hydrogens is 176 g/mol. The quantitative estimate of drug-likeness (QED) is 0.627. The molecule has 2 rings (SSSR count). The summed E-state index contributed by atoms with van der Waals surface area (Å²) in [5.74, 6) is 0.628. The average Bonchev–Trinajstić information content (AvgIpc) is 2.47. The number of hydrogen-bond donors (Lipinski definition) is 0. The molecule has 0 fully saturated rings. The molecule has 0 spiro atoms. The van der Waals surface area contributed by atoms with E-state index in [0.29, 0.717) is 5.92 Å². The Bertz CT molecular complexity index is 424. The van der Waals surface area contributed by atoms with Crippen molar-refractivity contribution in [2.24, 2.45) is 0 Å². The number of benzene rings is 1. The summed E-state index contributed by atoms with van der Waals surface area (Å²) in [5, 5.41) is 5.04. The molecule has 13 heavy (non-hydrogen) atoms. The van der Waals surface area contributed by atoms with Gasteiger partial charge in [-0.2, -0.15) is 0 Å². The Balaban J connectivity index is 2.66. The molecule has 0 saturated carbocycles. The van der Waals surface area contributed by atoms with E-state index in [1.165, 1.54) is 21.2 Å². The van der Waals surface area contributed by atoms with Gasteiger partial charge in [-0.1, -0.05) is 26.0 Å². The van der Waals surface area contributed by atoms with E-state index >= 15 is 0 Å². The van der Waals surface area contributed by atoms with Gasteiger partial charge in [0.25, 0.3) is 0 Å². The van der Waals surface area contributed by atoms with E-state index in [4.69, 9.17) is 0 Å². The molecule has 0 amide bonds. The van der Waals surface area contributed by atoms with Crippen LogP contribution in [-0.4, -0.2) is 0 Å². The van der Waals surface area contributed by atoms with Gasteiger partial charge in [0.2, 0.25) is 0 Å². The highest BCUT2D eigenvalue weighted by Gasteiger charge is 2.03. The Morgan fingerprint density at radius 2 is 2.00 bits per heavy atom. The summed E-state index contributed by atoms with van der Waals surface area (Å²) in [6.07, 6.45) is 0. The minimum Gasteiger partial charge on any atom is -0.148 e. The van der Waals surface area contributed by atoms with Crippen molar-refractivity contribution in [3.8, 4) is 0 Å². The Hall–Kier alpha value is -0.820. The van der Waals surface area contributed by atoms with E-state index in [9.17, 15) is 0 Å². The number of fused-ring (bicyclic) bond motifs is 1. The van der Waals surface area contributed by atoms with Gasteiger partial charge >= 0.3 is 0 Å². The van der Waals surface area contributed by atoms with E-state index in [1.54, 1.807) is 0 Å². The van der Waals surface area contributed by atoms with Crippen LogP contribution in [0, 0.1) is 6.92 Å². The maximum atomic E-state index is 2.33. The highest BCUT2D eigenvalue weighted by molar-refractivity contribution is 7.11. The zero-order valence-corrected chi connectivity index (χ0v) is 9.11. The second kappa shape index (κ2) is 3.15. The third-order valence-electron chi connectivity index (χ3n) is 2.49. The average molecular weight is 190 g/mol. The molecule has 0 atom stereocenters. The van der Waals surface area contributed by atoms with Gasteiger partial charge in [0.1, 0.15) is 0 Å². The van der Waals surface area contributed by atoms with Gasteiger partial charge in [-0.05, 0) is 40.6 Å². The van der Waals surface area contributed by atoms with Crippen LogP contribution in [0.2, 0.25) is 0 Å². The van der Waals surface area contributed by atoms with Crippen molar-refractivity contribution in [2.45, 2.75) is 26.7 Å². The molecule has 0 N–H and O–H groups in total. The maximum absolute atomic E-state index is 2.33. The van der Waals surface area contributed by atoms with Gasteiger partial charge in [0.15, 0.2) is 0 Å². The second-order valence-corrected chi connectivity index (χ2v) is 4.88. The van der Waals surface area contributed by atoms with Crippen LogP contribution in [0.5, 0.6) is 0 Å². The van der Waals surface area contributed by atoms with Crippen molar-refractivity contribution in [2.75, 3.05) is 0 Å². The van der Waals surface area contributed by atoms with E-state index < -0.39 is 0 Å². The number of rotatable bonds is 1. The molecule has 68 valence electrons. The monoisotopic (exact) mass is 190 g/mol. The van der Waals surface area contributed by atoms with Crippen molar-refractivity contribution in [3.63, 3.8) is 0 Å². The van der Waals surface area contributed by atoms with Gasteiger partial charge in [-0.15, -0.1) is 11.3 Å². The number of aryl methyl sites for hydroxylation is 1. The largest absolute Gasteiger partial charge is 0.148 e. The Labute approximate surface area is 83.2 Å². The molecule has 2 aromatic rings. The molecule has 0 unspecified atom stereocenters. The first kappa shape index (κ1) is 8.76. The Kier molecular flexibility index (Phi) is 2.12. The van der Waals surface area contributed by atoms with Gasteiger partial charge in [0.05, 0.1) is 0 Å². The molecule has 1 heterocycles. The van der Waals surface area contributed by atoms with Gasteiger partial charge < -0.3 is 0 Å². The summed E-state index contributed by atoms with van der Waals surface area (Å²) in [6.45, 7) is 6.67. The summed E-state index contributed by atoms with van der Waals surface area (Å²) >= 11 is 1.84. The molecule has 0 radical (unpaired) electrons. The highest BCUT2D eigenvalue weighted by atomic mass is 32.1. The van der Waals surface area contributed by atoms with Gasteiger partial charge in [-0.25, -0.2) is 0 Å². The first-order chi connectivity index (χ1) is 6.18. The van der Waals surface area contributed by atoms with E-state index in [1.807, 2.05) is 11.3 Å². The van der Waals surface area contributed by atoms with Crippen LogP contribution in [0.15, 0.2) is 23.6 Å². The maximum Gasteiger partial charge on any atom is 0.00928 e. The van der Waals surface area contributed by atoms with Crippen LogP contribution in [0.4, 0.5) is 0 Å². The molecule has 0 nitrogen and oxygen atoms in total. The Morgan fingerprint density at radius 1 is 1.23 bits per heavy atom. The molecule has 0 bridgehead atoms. The molecule has 0 aliphatic rings. The minimum atomic E-state index is 0.628. The summed E-state index contributed by atoms with van der Waals surface area (Å²) in [6, 6.07) is 6.79. The van der Waals surface area contributed by atoms with Crippen LogP contribution in [0.25, 0.3) is 10.8 Å². The van der Waals surface area contributed by atoms with Crippen LogP contribution in [-0.2, 0) is 0 Å². The molecular formula is C12H14S. The van der Waals surface area contributed by atoms with E-state index in [2.05, 4.69) is 44.4 Å². The first-order valence-corrected chi connectivity index (χ1v) is 5.54. The standard InChI is InChI=1S/C12H14S/c1-8(2)10-4-5-11-7-13-9(3)12(11)6-10/h4-8H,1-3H3. The molecule has 1 heteroatoms. The topological polar surface area (TPSA) is 0 Å². The predicted molar refractivity (Wildman–Crippen MR) is 60.7 cm³/mol. The third kappa shape index (κ3) is 1.49. The summed E-state index contributed by atoms with van der Waals surface area (Å²) < 4.78 is 0. The van der Waals surface area contributed by atoms with Crippen molar-refractivity contribution in [3.05, 3.63) is 34.0 Å². The van der Waals surface area contributed by atoms with Crippen molar-refractivity contribution < 1.29 is 0 Å². The SMILES string of the molecule is Cc1scc2ccc(C(C)C)cc12. The lowest BCUT2D eigenvalue weighted by molar-refractivity contribution is 0.869. The van der Waals surface area contributed by atoms with E-state index in [-0.39, 0.29) is 0 Å². The minimum absolute atomic E-state index is 0.628. The molecule has 0 aliphatic carbocycles. The normalized spacial score (nSPS) is 11.4. The van der Waals surface area contributed by atoms with Crippen molar-refractivity contribution in [1.29, 1.82) is 0 Å². The van der Waals surface area contributed by atoms with Crippen molar-refractivity contribution in [1.82, 2.24) is 0 Å². The molecule has 0 saturated heterocycles. The highest BCUT2D eigenvalue weighted by Crippen LogP contribution is 2.28. The van der Waals surface area contributed by atoms with E-state index in [0.717, 1.165) is 0 Å². The fourth-order valence-corrected chi connectivity index (χ4v) is 2.37. The lowest BCUT2D eigenvalue weighted by Crippen LogP contribution is -1.85. The zero-order valence-electron chi connectivity index (χ0n) is 8.29. The lowest BCUT2D eigenvalue weighted by atomic mass is 10.0.